The van der Waals surface area contributed by atoms with Crippen LogP contribution in [0.3, 0.4) is 0 Å². The van der Waals surface area contributed by atoms with Gasteiger partial charge in [0.05, 0.1) is 6.10 Å². The molecular formula is C19H26BrN3O3. The second kappa shape index (κ2) is 9.48. The Morgan fingerprint density at radius 2 is 1.96 bits per heavy atom. The predicted octanol–water partition coefficient (Wildman–Crippen LogP) is 1.89. The summed E-state index contributed by atoms with van der Waals surface area (Å²) >= 11 is 3.40. The summed E-state index contributed by atoms with van der Waals surface area (Å²) in [5, 5.41) is 3.25. The van der Waals surface area contributed by atoms with E-state index in [9.17, 15) is 9.59 Å². The first-order valence-corrected chi connectivity index (χ1v) is 10.1. The number of halogens is 1. The Labute approximate surface area is 163 Å². The monoisotopic (exact) mass is 423 g/mol. The molecule has 2 saturated heterocycles. The molecule has 1 aromatic rings. The number of ether oxygens (including phenoxy) is 1. The van der Waals surface area contributed by atoms with E-state index in [4.69, 9.17) is 4.74 Å². The molecule has 0 unspecified atom stereocenters. The van der Waals surface area contributed by atoms with Crippen LogP contribution < -0.4 is 5.32 Å². The molecule has 0 radical (unpaired) electrons. The van der Waals surface area contributed by atoms with Crippen LogP contribution in [0.1, 0.15) is 29.6 Å². The number of nitrogens with zero attached hydrogens (tertiary/aromatic N) is 2. The van der Waals surface area contributed by atoms with E-state index in [1.807, 2.05) is 29.2 Å². The van der Waals surface area contributed by atoms with Gasteiger partial charge >= 0.3 is 0 Å². The van der Waals surface area contributed by atoms with Crippen LogP contribution in [-0.4, -0.2) is 73.6 Å². The summed E-state index contributed by atoms with van der Waals surface area (Å²) in [5.74, 6) is 0.0774. The molecule has 0 aliphatic carbocycles. The smallest absolute Gasteiger partial charge is 0.253 e. The Morgan fingerprint density at radius 3 is 2.62 bits per heavy atom. The van der Waals surface area contributed by atoms with Crippen molar-refractivity contribution in [2.45, 2.75) is 25.4 Å². The SMILES string of the molecule is O=C(CCN(C[C@@H]1CCCO1)C(=O)c1ccc(Br)cc1)N1CCNCC1. The number of benzene rings is 1. The van der Waals surface area contributed by atoms with E-state index in [-0.39, 0.29) is 17.9 Å². The van der Waals surface area contributed by atoms with Gasteiger partial charge in [-0.05, 0) is 37.1 Å². The standard InChI is InChI=1S/C19H26BrN3O3/c20-16-5-3-15(4-6-16)19(25)23(14-17-2-1-13-26-17)10-7-18(24)22-11-8-21-9-12-22/h3-6,17,21H,1-2,7-14H2/t17-/m0/s1. The van der Waals surface area contributed by atoms with Crippen LogP contribution in [0.2, 0.25) is 0 Å². The second-order valence-corrected chi connectivity index (χ2v) is 7.69. The summed E-state index contributed by atoms with van der Waals surface area (Å²) in [4.78, 5) is 29.1. The summed E-state index contributed by atoms with van der Waals surface area (Å²) in [6.07, 6.45) is 2.43. The molecular weight excluding hydrogens is 398 g/mol. The minimum absolute atomic E-state index is 0.0406. The number of piperazine rings is 1. The molecule has 26 heavy (non-hydrogen) atoms. The van der Waals surface area contributed by atoms with Gasteiger partial charge in [-0.25, -0.2) is 0 Å². The van der Waals surface area contributed by atoms with Gasteiger partial charge in [-0.1, -0.05) is 15.9 Å². The lowest BCUT2D eigenvalue weighted by Crippen LogP contribution is -2.47. The number of hydrogen-bond donors (Lipinski definition) is 1. The molecule has 2 fully saturated rings. The normalized spacial score (nSPS) is 20.2. The average molecular weight is 424 g/mol. The van der Waals surface area contributed by atoms with Gasteiger partial charge in [0.2, 0.25) is 5.91 Å². The molecule has 2 heterocycles. The van der Waals surface area contributed by atoms with Crippen molar-refractivity contribution < 1.29 is 14.3 Å². The zero-order chi connectivity index (χ0) is 18.4. The van der Waals surface area contributed by atoms with Crippen molar-refractivity contribution >= 4 is 27.7 Å². The molecule has 0 spiro atoms. The van der Waals surface area contributed by atoms with E-state index >= 15 is 0 Å². The fourth-order valence-corrected chi connectivity index (χ4v) is 3.65. The van der Waals surface area contributed by atoms with E-state index in [1.54, 1.807) is 4.90 Å². The van der Waals surface area contributed by atoms with Crippen LogP contribution in [0.15, 0.2) is 28.7 Å². The number of rotatable bonds is 6. The summed E-state index contributed by atoms with van der Waals surface area (Å²) < 4.78 is 6.65. The van der Waals surface area contributed by atoms with Gasteiger partial charge in [0, 0.05) is 62.3 Å². The van der Waals surface area contributed by atoms with Gasteiger partial charge in [0.15, 0.2) is 0 Å². The quantitative estimate of drug-likeness (QED) is 0.758. The number of carbonyl (C=O) groups excluding carboxylic acids is 2. The van der Waals surface area contributed by atoms with Crippen LogP contribution in [0.5, 0.6) is 0 Å². The van der Waals surface area contributed by atoms with Crippen molar-refractivity contribution in [2.75, 3.05) is 45.9 Å². The Hall–Kier alpha value is -1.44. The van der Waals surface area contributed by atoms with Gasteiger partial charge < -0.3 is 19.9 Å². The van der Waals surface area contributed by atoms with E-state index < -0.39 is 0 Å². The lowest BCUT2D eigenvalue weighted by molar-refractivity contribution is -0.132. The van der Waals surface area contributed by atoms with Crippen LogP contribution in [0.4, 0.5) is 0 Å². The van der Waals surface area contributed by atoms with Gasteiger partial charge in [-0.15, -0.1) is 0 Å². The molecule has 7 heteroatoms. The van der Waals surface area contributed by atoms with Crippen LogP contribution in [0.25, 0.3) is 0 Å². The van der Waals surface area contributed by atoms with Crippen LogP contribution in [0, 0.1) is 0 Å². The zero-order valence-electron chi connectivity index (χ0n) is 15.0. The van der Waals surface area contributed by atoms with Crippen molar-refractivity contribution in [3.05, 3.63) is 34.3 Å². The maximum Gasteiger partial charge on any atom is 0.253 e. The van der Waals surface area contributed by atoms with Crippen molar-refractivity contribution in [1.29, 1.82) is 0 Å². The Kier molecular flexibility index (Phi) is 7.05. The van der Waals surface area contributed by atoms with Crippen molar-refractivity contribution in [3.8, 4) is 0 Å². The maximum atomic E-state index is 13.0. The molecule has 1 aromatic carbocycles. The first-order valence-electron chi connectivity index (χ1n) is 9.28. The summed E-state index contributed by atoms with van der Waals surface area (Å²) in [6, 6.07) is 7.35. The highest BCUT2D eigenvalue weighted by atomic mass is 79.9. The summed E-state index contributed by atoms with van der Waals surface area (Å²) in [7, 11) is 0. The largest absolute Gasteiger partial charge is 0.376 e. The highest BCUT2D eigenvalue weighted by Crippen LogP contribution is 2.17. The number of nitrogens with one attached hydrogen (secondary N) is 1. The van der Waals surface area contributed by atoms with E-state index in [1.165, 1.54) is 0 Å². The Balaban J connectivity index is 1.63. The highest BCUT2D eigenvalue weighted by molar-refractivity contribution is 9.10. The lowest BCUT2D eigenvalue weighted by Gasteiger charge is -2.30. The zero-order valence-corrected chi connectivity index (χ0v) is 16.5. The maximum absolute atomic E-state index is 13.0. The average Bonchev–Trinajstić information content (AvgIpc) is 3.19. The molecule has 6 nitrogen and oxygen atoms in total. The van der Waals surface area contributed by atoms with Gasteiger partial charge in [-0.2, -0.15) is 0 Å². The minimum atomic E-state index is -0.0406. The third kappa shape index (κ3) is 5.28. The molecule has 1 N–H and O–H groups in total. The lowest BCUT2D eigenvalue weighted by atomic mass is 10.1. The first kappa shape index (κ1) is 19.3. The molecule has 0 saturated carbocycles. The van der Waals surface area contributed by atoms with Gasteiger partial charge in [0.25, 0.3) is 5.91 Å². The third-order valence-corrected chi connectivity index (χ3v) is 5.42. The molecule has 1 atom stereocenters. The number of carbonyl (C=O) groups is 2. The van der Waals surface area contributed by atoms with Crippen molar-refractivity contribution in [1.82, 2.24) is 15.1 Å². The molecule has 2 aliphatic heterocycles. The Bertz CT molecular complexity index is 611. The fraction of sp³-hybridized carbons (Fsp3) is 0.579. The van der Waals surface area contributed by atoms with Crippen molar-refractivity contribution in [3.63, 3.8) is 0 Å². The molecule has 2 amide bonds. The molecule has 2 aliphatic rings. The van der Waals surface area contributed by atoms with Gasteiger partial charge in [0.1, 0.15) is 0 Å². The van der Waals surface area contributed by atoms with E-state index in [2.05, 4.69) is 21.2 Å². The number of hydrogen-bond acceptors (Lipinski definition) is 4. The summed E-state index contributed by atoms with van der Waals surface area (Å²) in [6.45, 7) is 4.88. The fourth-order valence-electron chi connectivity index (χ4n) is 3.39. The van der Waals surface area contributed by atoms with Crippen LogP contribution in [-0.2, 0) is 9.53 Å². The van der Waals surface area contributed by atoms with Crippen molar-refractivity contribution in [2.24, 2.45) is 0 Å². The van der Waals surface area contributed by atoms with Crippen LogP contribution >= 0.6 is 15.9 Å². The third-order valence-electron chi connectivity index (χ3n) is 4.89. The van der Waals surface area contributed by atoms with E-state index in [0.717, 1.165) is 50.1 Å². The van der Waals surface area contributed by atoms with Gasteiger partial charge in [-0.3, -0.25) is 9.59 Å². The summed E-state index contributed by atoms with van der Waals surface area (Å²) in [5.41, 5.74) is 0.640. The molecule has 0 aromatic heterocycles. The second-order valence-electron chi connectivity index (χ2n) is 6.77. The predicted molar refractivity (Wildman–Crippen MR) is 103 cm³/mol. The highest BCUT2D eigenvalue weighted by Gasteiger charge is 2.25. The Morgan fingerprint density at radius 1 is 1.23 bits per heavy atom. The molecule has 142 valence electrons. The molecule has 0 bridgehead atoms. The number of amides is 2. The first-order chi connectivity index (χ1) is 12.6. The molecule has 3 rings (SSSR count). The topological polar surface area (TPSA) is 61.9 Å². The minimum Gasteiger partial charge on any atom is -0.376 e. The van der Waals surface area contributed by atoms with E-state index in [0.29, 0.717) is 25.1 Å².